The summed E-state index contributed by atoms with van der Waals surface area (Å²) in [5.41, 5.74) is 1.44. The number of nitrogens with zero attached hydrogens (tertiary/aromatic N) is 2. The first-order valence-corrected chi connectivity index (χ1v) is 9.60. The van der Waals surface area contributed by atoms with Crippen LogP contribution in [0.15, 0.2) is 24.3 Å². The summed E-state index contributed by atoms with van der Waals surface area (Å²) in [6, 6.07) is 9.19. The minimum Gasteiger partial charge on any atom is -0.316 e. The third-order valence-corrected chi connectivity index (χ3v) is 6.08. The molecule has 1 saturated carbocycles. The van der Waals surface area contributed by atoms with Crippen molar-refractivity contribution in [2.24, 2.45) is 5.92 Å². The van der Waals surface area contributed by atoms with Crippen LogP contribution in [-0.4, -0.2) is 61.7 Å². The van der Waals surface area contributed by atoms with Crippen molar-refractivity contribution in [2.75, 3.05) is 45.8 Å². The third kappa shape index (κ3) is 3.90. The standard InChI is InChI=1S/C19H28ClN3/c20-17-5-3-16(4-6-17)18-13-21-8-7-19(18)23-11-9-22(10-12-23)14-15-1-2-15/h3-6,15,18-19,21H,1-2,7-14H2. The van der Waals surface area contributed by atoms with Crippen molar-refractivity contribution in [1.29, 1.82) is 0 Å². The maximum absolute atomic E-state index is 6.07. The Bertz CT molecular complexity index is 506. The normalized spacial score (nSPS) is 30.5. The Labute approximate surface area is 145 Å². The van der Waals surface area contributed by atoms with Gasteiger partial charge in [-0.25, -0.2) is 0 Å². The Balaban J connectivity index is 1.40. The van der Waals surface area contributed by atoms with Crippen molar-refractivity contribution >= 4 is 11.6 Å². The van der Waals surface area contributed by atoms with E-state index in [4.69, 9.17) is 11.6 Å². The van der Waals surface area contributed by atoms with Crippen molar-refractivity contribution in [3.63, 3.8) is 0 Å². The molecule has 3 fully saturated rings. The molecular formula is C19H28ClN3. The maximum Gasteiger partial charge on any atom is 0.0406 e. The van der Waals surface area contributed by atoms with Crippen molar-refractivity contribution in [3.8, 4) is 0 Å². The molecule has 3 aliphatic rings. The lowest BCUT2D eigenvalue weighted by Crippen LogP contribution is -2.55. The first kappa shape index (κ1) is 15.9. The summed E-state index contributed by atoms with van der Waals surface area (Å²) in [4.78, 5) is 5.44. The number of halogens is 1. The maximum atomic E-state index is 6.07. The largest absolute Gasteiger partial charge is 0.316 e. The summed E-state index contributed by atoms with van der Waals surface area (Å²) in [7, 11) is 0. The number of hydrogen-bond donors (Lipinski definition) is 1. The molecule has 126 valence electrons. The highest BCUT2D eigenvalue weighted by atomic mass is 35.5. The quantitative estimate of drug-likeness (QED) is 0.914. The van der Waals surface area contributed by atoms with Gasteiger partial charge in [-0.2, -0.15) is 0 Å². The molecule has 0 bridgehead atoms. The highest BCUT2D eigenvalue weighted by Gasteiger charge is 2.34. The van der Waals surface area contributed by atoms with E-state index in [1.165, 1.54) is 57.5 Å². The van der Waals surface area contributed by atoms with E-state index in [1.807, 2.05) is 12.1 Å². The fraction of sp³-hybridized carbons (Fsp3) is 0.684. The van der Waals surface area contributed by atoms with Crippen LogP contribution in [0.1, 0.15) is 30.7 Å². The first-order chi connectivity index (χ1) is 11.3. The van der Waals surface area contributed by atoms with Gasteiger partial charge in [0.05, 0.1) is 0 Å². The number of hydrogen-bond acceptors (Lipinski definition) is 3. The molecule has 1 aromatic rings. The predicted molar refractivity (Wildman–Crippen MR) is 96.2 cm³/mol. The molecule has 0 aromatic heterocycles. The molecule has 0 spiro atoms. The lowest BCUT2D eigenvalue weighted by atomic mass is 9.85. The topological polar surface area (TPSA) is 18.5 Å². The number of nitrogens with one attached hydrogen (secondary N) is 1. The molecule has 3 nitrogen and oxygen atoms in total. The number of benzene rings is 1. The minimum atomic E-state index is 0.594. The van der Waals surface area contributed by atoms with Crippen molar-refractivity contribution in [2.45, 2.75) is 31.2 Å². The van der Waals surface area contributed by atoms with Gasteiger partial charge in [-0.15, -0.1) is 0 Å². The molecule has 1 aromatic carbocycles. The fourth-order valence-electron chi connectivity index (χ4n) is 4.27. The molecule has 1 aliphatic carbocycles. The van der Waals surface area contributed by atoms with Gasteiger partial charge in [0.15, 0.2) is 0 Å². The molecule has 4 heteroatoms. The average Bonchev–Trinajstić information content (AvgIpc) is 3.40. The van der Waals surface area contributed by atoms with Crippen molar-refractivity contribution < 1.29 is 0 Å². The van der Waals surface area contributed by atoms with Crippen LogP contribution in [0.4, 0.5) is 0 Å². The highest BCUT2D eigenvalue weighted by Crippen LogP contribution is 2.32. The van der Waals surface area contributed by atoms with Gasteiger partial charge in [-0.3, -0.25) is 4.90 Å². The first-order valence-electron chi connectivity index (χ1n) is 9.22. The summed E-state index contributed by atoms with van der Waals surface area (Å²) in [5, 5.41) is 4.43. The number of piperazine rings is 1. The van der Waals surface area contributed by atoms with Crippen LogP contribution in [0.25, 0.3) is 0 Å². The Hall–Kier alpha value is -0.610. The monoisotopic (exact) mass is 333 g/mol. The van der Waals surface area contributed by atoms with Crippen molar-refractivity contribution in [3.05, 3.63) is 34.9 Å². The van der Waals surface area contributed by atoms with E-state index in [-0.39, 0.29) is 0 Å². The summed E-state index contributed by atoms with van der Waals surface area (Å²) >= 11 is 6.07. The molecular weight excluding hydrogens is 306 g/mol. The van der Waals surface area contributed by atoms with E-state index < -0.39 is 0 Å². The van der Waals surface area contributed by atoms with Gasteiger partial charge in [-0.05, 0) is 49.4 Å². The van der Waals surface area contributed by atoms with Gasteiger partial charge in [0.2, 0.25) is 0 Å². The van der Waals surface area contributed by atoms with Crippen LogP contribution >= 0.6 is 11.6 Å². The third-order valence-electron chi connectivity index (χ3n) is 5.83. The molecule has 2 heterocycles. The molecule has 0 amide bonds. The average molecular weight is 334 g/mol. The zero-order chi connectivity index (χ0) is 15.6. The van der Waals surface area contributed by atoms with E-state index in [9.17, 15) is 0 Å². The Morgan fingerprint density at radius 2 is 1.74 bits per heavy atom. The zero-order valence-corrected chi connectivity index (χ0v) is 14.6. The van der Waals surface area contributed by atoms with Gasteiger partial charge in [0, 0.05) is 56.3 Å². The van der Waals surface area contributed by atoms with Gasteiger partial charge >= 0.3 is 0 Å². The zero-order valence-electron chi connectivity index (χ0n) is 13.9. The van der Waals surface area contributed by atoms with Crippen molar-refractivity contribution in [1.82, 2.24) is 15.1 Å². The second kappa shape index (κ2) is 7.10. The molecule has 2 atom stereocenters. The van der Waals surface area contributed by atoms with E-state index >= 15 is 0 Å². The lowest BCUT2D eigenvalue weighted by Gasteiger charge is -2.44. The van der Waals surface area contributed by atoms with Crippen LogP contribution in [-0.2, 0) is 0 Å². The second-order valence-electron chi connectivity index (χ2n) is 7.50. The Morgan fingerprint density at radius 3 is 2.43 bits per heavy atom. The summed E-state index contributed by atoms with van der Waals surface area (Å²) in [5.74, 6) is 1.61. The van der Waals surface area contributed by atoms with E-state index in [1.54, 1.807) is 0 Å². The molecule has 2 saturated heterocycles. The smallest absolute Gasteiger partial charge is 0.0406 e. The highest BCUT2D eigenvalue weighted by molar-refractivity contribution is 6.30. The SMILES string of the molecule is Clc1ccc(C2CNCCC2N2CCN(CC3CC3)CC2)cc1. The van der Waals surface area contributed by atoms with Gasteiger partial charge < -0.3 is 10.2 Å². The van der Waals surface area contributed by atoms with Crippen LogP contribution < -0.4 is 5.32 Å². The number of rotatable bonds is 4. The van der Waals surface area contributed by atoms with E-state index in [0.717, 1.165) is 24.0 Å². The van der Waals surface area contributed by atoms with Crippen LogP contribution in [0, 0.1) is 5.92 Å². The molecule has 2 aliphatic heterocycles. The molecule has 23 heavy (non-hydrogen) atoms. The molecule has 1 N–H and O–H groups in total. The lowest BCUT2D eigenvalue weighted by molar-refractivity contribution is 0.0699. The number of piperidine rings is 1. The summed E-state index contributed by atoms with van der Waals surface area (Å²) < 4.78 is 0. The van der Waals surface area contributed by atoms with Gasteiger partial charge in [-0.1, -0.05) is 23.7 Å². The fourth-order valence-corrected chi connectivity index (χ4v) is 4.40. The molecule has 0 radical (unpaired) electrons. The molecule has 2 unspecified atom stereocenters. The van der Waals surface area contributed by atoms with Gasteiger partial charge in [0.1, 0.15) is 0 Å². The van der Waals surface area contributed by atoms with Crippen LogP contribution in [0.3, 0.4) is 0 Å². The van der Waals surface area contributed by atoms with E-state index in [0.29, 0.717) is 12.0 Å². The van der Waals surface area contributed by atoms with Crippen LogP contribution in [0.2, 0.25) is 5.02 Å². The summed E-state index contributed by atoms with van der Waals surface area (Å²) in [6.45, 7) is 8.58. The Kier molecular flexibility index (Phi) is 4.91. The predicted octanol–water partition coefficient (Wildman–Crippen LogP) is 2.81. The molecule has 4 rings (SSSR count). The van der Waals surface area contributed by atoms with Gasteiger partial charge in [0.25, 0.3) is 0 Å². The Morgan fingerprint density at radius 1 is 1.00 bits per heavy atom. The van der Waals surface area contributed by atoms with Crippen LogP contribution in [0.5, 0.6) is 0 Å². The minimum absolute atomic E-state index is 0.594. The summed E-state index contributed by atoms with van der Waals surface area (Å²) in [6.07, 6.45) is 4.19. The second-order valence-corrected chi connectivity index (χ2v) is 7.93. The van der Waals surface area contributed by atoms with E-state index in [2.05, 4.69) is 27.2 Å².